The zero-order chi connectivity index (χ0) is 19.4. The topological polar surface area (TPSA) is 95.7 Å². The van der Waals surface area contributed by atoms with E-state index < -0.39 is 17.7 Å². The standard InChI is InChI=1S/C20H22N4O3/c1-14-5-4-6-15(13-14)23-9-11-24(12-10-23)20(27)19(26)22-17-8-3-2-7-16(17)18(21)25/h2-8,13H,9-12H2,1H3,(H2,21,25)(H,22,26). The smallest absolute Gasteiger partial charge is 0.313 e. The molecule has 1 aliphatic heterocycles. The van der Waals surface area contributed by atoms with Gasteiger partial charge in [0.15, 0.2) is 0 Å². The van der Waals surface area contributed by atoms with E-state index in [1.165, 1.54) is 16.5 Å². The van der Waals surface area contributed by atoms with Crippen LogP contribution in [-0.4, -0.2) is 48.8 Å². The van der Waals surface area contributed by atoms with E-state index in [4.69, 9.17) is 5.73 Å². The summed E-state index contributed by atoms with van der Waals surface area (Å²) in [5.74, 6) is -2.05. The molecular formula is C20H22N4O3. The van der Waals surface area contributed by atoms with Gasteiger partial charge in [0, 0.05) is 31.9 Å². The Labute approximate surface area is 157 Å². The number of hydrogen-bond donors (Lipinski definition) is 2. The summed E-state index contributed by atoms with van der Waals surface area (Å²) < 4.78 is 0. The predicted molar refractivity (Wildman–Crippen MR) is 104 cm³/mol. The number of primary amides is 1. The van der Waals surface area contributed by atoms with Gasteiger partial charge >= 0.3 is 11.8 Å². The van der Waals surface area contributed by atoms with Gasteiger partial charge in [-0.25, -0.2) is 0 Å². The summed E-state index contributed by atoms with van der Waals surface area (Å²) in [6, 6.07) is 14.5. The highest BCUT2D eigenvalue weighted by Gasteiger charge is 2.26. The van der Waals surface area contributed by atoms with Crippen molar-refractivity contribution in [3.63, 3.8) is 0 Å². The van der Waals surface area contributed by atoms with Gasteiger partial charge in [0.1, 0.15) is 0 Å². The second-order valence-corrected chi connectivity index (χ2v) is 6.48. The van der Waals surface area contributed by atoms with Crippen LogP contribution < -0.4 is 16.0 Å². The highest BCUT2D eigenvalue weighted by atomic mass is 16.2. The number of nitrogens with two attached hydrogens (primary N) is 1. The van der Waals surface area contributed by atoms with Crippen molar-refractivity contribution in [2.24, 2.45) is 5.73 Å². The molecule has 0 aromatic heterocycles. The SMILES string of the molecule is Cc1cccc(N2CCN(C(=O)C(=O)Nc3ccccc3C(N)=O)CC2)c1. The third-order valence-electron chi connectivity index (χ3n) is 4.57. The monoisotopic (exact) mass is 366 g/mol. The first-order chi connectivity index (χ1) is 13.0. The van der Waals surface area contributed by atoms with E-state index in [2.05, 4.69) is 16.3 Å². The van der Waals surface area contributed by atoms with Crippen molar-refractivity contribution in [1.82, 2.24) is 4.90 Å². The van der Waals surface area contributed by atoms with Crippen molar-refractivity contribution in [1.29, 1.82) is 0 Å². The Balaban J connectivity index is 1.61. The lowest BCUT2D eigenvalue weighted by Crippen LogP contribution is -2.51. The van der Waals surface area contributed by atoms with Crippen LogP contribution in [0.5, 0.6) is 0 Å². The van der Waals surface area contributed by atoms with Gasteiger partial charge in [-0.15, -0.1) is 0 Å². The lowest BCUT2D eigenvalue weighted by molar-refractivity contribution is -0.143. The van der Waals surface area contributed by atoms with Crippen molar-refractivity contribution in [2.45, 2.75) is 6.92 Å². The van der Waals surface area contributed by atoms with E-state index in [0.717, 1.165) is 5.69 Å². The van der Waals surface area contributed by atoms with E-state index in [9.17, 15) is 14.4 Å². The first-order valence-corrected chi connectivity index (χ1v) is 8.76. The molecule has 1 saturated heterocycles. The van der Waals surface area contributed by atoms with Crippen molar-refractivity contribution in [2.75, 3.05) is 36.4 Å². The molecule has 0 spiro atoms. The number of aryl methyl sites for hydroxylation is 1. The number of rotatable bonds is 3. The van der Waals surface area contributed by atoms with Gasteiger partial charge in [-0.3, -0.25) is 14.4 Å². The summed E-state index contributed by atoms with van der Waals surface area (Å²) in [5, 5.41) is 2.49. The summed E-state index contributed by atoms with van der Waals surface area (Å²) in [4.78, 5) is 39.9. The van der Waals surface area contributed by atoms with Gasteiger partial charge in [-0.05, 0) is 36.8 Å². The van der Waals surface area contributed by atoms with Gasteiger partial charge < -0.3 is 20.9 Å². The van der Waals surface area contributed by atoms with Gasteiger partial charge in [-0.1, -0.05) is 24.3 Å². The van der Waals surface area contributed by atoms with Crippen LogP contribution in [0.3, 0.4) is 0 Å². The Bertz CT molecular complexity index is 873. The highest BCUT2D eigenvalue weighted by molar-refractivity contribution is 6.39. The molecule has 0 atom stereocenters. The highest BCUT2D eigenvalue weighted by Crippen LogP contribution is 2.18. The van der Waals surface area contributed by atoms with Crippen LogP contribution in [0.2, 0.25) is 0 Å². The predicted octanol–water partition coefficient (Wildman–Crippen LogP) is 1.38. The van der Waals surface area contributed by atoms with E-state index in [-0.39, 0.29) is 11.3 Å². The van der Waals surface area contributed by atoms with Crippen molar-refractivity contribution >= 4 is 29.1 Å². The minimum Gasteiger partial charge on any atom is -0.368 e. The van der Waals surface area contributed by atoms with Crippen LogP contribution in [0.25, 0.3) is 0 Å². The molecule has 1 aliphatic rings. The minimum atomic E-state index is -0.771. The van der Waals surface area contributed by atoms with Gasteiger partial charge in [0.25, 0.3) is 5.91 Å². The van der Waals surface area contributed by atoms with E-state index in [0.29, 0.717) is 26.2 Å². The minimum absolute atomic E-state index is 0.169. The fourth-order valence-corrected chi connectivity index (χ4v) is 3.12. The van der Waals surface area contributed by atoms with Crippen LogP contribution in [0.15, 0.2) is 48.5 Å². The molecule has 1 heterocycles. The Hall–Kier alpha value is -3.35. The molecule has 1 fully saturated rings. The number of carbonyl (C=O) groups excluding carboxylic acids is 3. The molecule has 0 saturated carbocycles. The molecule has 0 aliphatic carbocycles. The summed E-state index contributed by atoms with van der Waals surface area (Å²) in [7, 11) is 0. The molecule has 140 valence electrons. The maximum atomic E-state index is 12.5. The van der Waals surface area contributed by atoms with Crippen LogP contribution in [0.4, 0.5) is 11.4 Å². The lowest BCUT2D eigenvalue weighted by Gasteiger charge is -2.35. The number of nitrogens with zero attached hydrogens (tertiary/aromatic N) is 2. The molecule has 2 aromatic carbocycles. The van der Waals surface area contributed by atoms with Gasteiger partial charge in [0.05, 0.1) is 11.3 Å². The first-order valence-electron chi connectivity index (χ1n) is 8.76. The largest absolute Gasteiger partial charge is 0.368 e. The fraction of sp³-hybridized carbons (Fsp3) is 0.250. The van der Waals surface area contributed by atoms with Crippen molar-refractivity contribution in [3.05, 3.63) is 59.7 Å². The number of anilines is 2. The molecule has 3 N–H and O–H groups in total. The number of para-hydroxylation sites is 1. The Morgan fingerprint density at radius 2 is 1.67 bits per heavy atom. The fourth-order valence-electron chi connectivity index (χ4n) is 3.12. The average Bonchev–Trinajstić information content (AvgIpc) is 2.67. The van der Waals surface area contributed by atoms with Crippen molar-refractivity contribution in [3.8, 4) is 0 Å². The lowest BCUT2D eigenvalue weighted by atomic mass is 10.1. The molecule has 3 amide bonds. The molecule has 3 rings (SSSR count). The van der Waals surface area contributed by atoms with E-state index >= 15 is 0 Å². The maximum Gasteiger partial charge on any atom is 0.313 e. The zero-order valence-electron chi connectivity index (χ0n) is 15.1. The first kappa shape index (κ1) is 18.4. The number of amides is 3. The van der Waals surface area contributed by atoms with Crippen LogP contribution in [0, 0.1) is 6.92 Å². The summed E-state index contributed by atoms with van der Waals surface area (Å²) >= 11 is 0. The molecular weight excluding hydrogens is 344 g/mol. The van der Waals surface area contributed by atoms with E-state index in [1.807, 2.05) is 25.1 Å². The van der Waals surface area contributed by atoms with Crippen LogP contribution in [0.1, 0.15) is 15.9 Å². The third-order valence-corrected chi connectivity index (χ3v) is 4.57. The van der Waals surface area contributed by atoms with Crippen LogP contribution in [-0.2, 0) is 9.59 Å². The quantitative estimate of drug-likeness (QED) is 0.802. The number of hydrogen-bond acceptors (Lipinski definition) is 4. The number of nitrogens with one attached hydrogen (secondary N) is 1. The second kappa shape index (κ2) is 7.90. The molecule has 0 unspecified atom stereocenters. The molecule has 7 heteroatoms. The van der Waals surface area contributed by atoms with Gasteiger partial charge in [-0.2, -0.15) is 0 Å². The molecule has 0 radical (unpaired) electrons. The summed E-state index contributed by atoms with van der Waals surface area (Å²) in [6.07, 6.45) is 0. The summed E-state index contributed by atoms with van der Waals surface area (Å²) in [6.45, 7) is 4.26. The number of piperazine rings is 1. The molecule has 2 aromatic rings. The Morgan fingerprint density at radius 1 is 0.963 bits per heavy atom. The normalized spacial score (nSPS) is 14.0. The zero-order valence-corrected chi connectivity index (χ0v) is 15.1. The second-order valence-electron chi connectivity index (χ2n) is 6.48. The summed E-state index contributed by atoms with van der Waals surface area (Å²) in [5.41, 5.74) is 8.00. The molecule has 0 bridgehead atoms. The Kier molecular flexibility index (Phi) is 5.40. The molecule has 7 nitrogen and oxygen atoms in total. The molecule has 27 heavy (non-hydrogen) atoms. The number of carbonyl (C=O) groups is 3. The maximum absolute atomic E-state index is 12.5. The third kappa shape index (κ3) is 4.25. The average molecular weight is 366 g/mol. The van der Waals surface area contributed by atoms with Crippen molar-refractivity contribution < 1.29 is 14.4 Å². The number of benzene rings is 2. The van der Waals surface area contributed by atoms with E-state index in [1.54, 1.807) is 18.2 Å². The van der Waals surface area contributed by atoms with Gasteiger partial charge in [0.2, 0.25) is 0 Å². The van der Waals surface area contributed by atoms with Crippen LogP contribution >= 0.6 is 0 Å². The Morgan fingerprint density at radius 3 is 2.33 bits per heavy atom.